The van der Waals surface area contributed by atoms with Crippen molar-refractivity contribution in [3.8, 4) is 0 Å². The van der Waals surface area contributed by atoms with Gasteiger partial charge in [-0.25, -0.2) is 0 Å². The van der Waals surface area contributed by atoms with E-state index in [4.69, 9.17) is 0 Å². The van der Waals surface area contributed by atoms with E-state index in [9.17, 15) is 10.1 Å². The zero-order valence-electron chi connectivity index (χ0n) is 11.6. The number of nitrogens with zero attached hydrogens (tertiary/aromatic N) is 2. The molecule has 0 spiro atoms. The Morgan fingerprint density at radius 3 is 2.85 bits per heavy atom. The van der Waals surface area contributed by atoms with Crippen LogP contribution in [-0.4, -0.2) is 35.5 Å². The van der Waals surface area contributed by atoms with Gasteiger partial charge in [0, 0.05) is 30.1 Å². The molecule has 2 aliphatic rings. The molecule has 5 nitrogen and oxygen atoms in total. The summed E-state index contributed by atoms with van der Waals surface area (Å²) in [6, 6.07) is 4.25. The first-order chi connectivity index (χ1) is 9.72. The van der Waals surface area contributed by atoms with Crippen LogP contribution in [0.1, 0.15) is 30.6 Å². The van der Waals surface area contributed by atoms with Crippen LogP contribution in [0.4, 0.5) is 5.00 Å². The summed E-state index contributed by atoms with van der Waals surface area (Å²) in [5.41, 5.74) is 0. The molecule has 1 N–H and O–H groups in total. The van der Waals surface area contributed by atoms with E-state index in [0.717, 1.165) is 37.0 Å². The third-order valence-corrected chi connectivity index (χ3v) is 5.16. The van der Waals surface area contributed by atoms with E-state index in [1.165, 1.54) is 37.0 Å². The van der Waals surface area contributed by atoms with Crippen LogP contribution in [-0.2, 0) is 6.54 Å². The average molecular weight is 295 g/mol. The van der Waals surface area contributed by atoms with Crippen molar-refractivity contribution in [3.05, 3.63) is 27.1 Å². The van der Waals surface area contributed by atoms with E-state index >= 15 is 0 Å². The van der Waals surface area contributed by atoms with Gasteiger partial charge >= 0.3 is 5.00 Å². The minimum absolute atomic E-state index is 0.259. The van der Waals surface area contributed by atoms with Crippen molar-refractivity contribution in [1.29, 1.82) is 0 Å². The Bertz CT molecular complexity index is 467. The molecule has 1 atom stereocenters. The summed E-state index contributed by atoms with van der Waals surface area (Å²) in [6.07, 6.45) is 5.15. The van der Waals surface area contributed by atoms with E-state index in [2.05, 4.69) is 10.2 Å². The highest BCUT2D eigenvalue weighted by Gasteiger charge is 2.31. The Morgan fingerprint density at radius 2 is 2.25 bits per heavy atom. The highest BCUT2D eigenvalue weighted by molar-refractivity contribution is 7.15. The normalized spacial score (nSPS) is 23.1. The molecule has 0 radical (unpaired) electrons. The Hall–Kier alpha value is -0.980. The lowest BCUT2D eigenvalue weighted by atomic mass is 9.99. The zero-order valence-corrected chi connectivity index (χ0v) is 12.4. The van der Waals surface area contributed by atoms with E-state index < -0.39 is 0 Å². The maximum atomic E-state index is 10.8. The molecule has 3 rings (SSSR count). The van der Waals surface area contributed by atoms with Crippen LogP contribution in [0, 0.1) is 16.0 Å². The van der Waals surface area contributed by atoms with Gasteiger partial charge in [-0.3, -0.25) is 15.0 Å². The molecule has 20 heavy (non-hydrogen) atoms. The van der Waals surface area contributed by atoms with Gasteiger partial charge in [0.2, 0.25) is 0 Å². The quantitative estimate of drug-likeness (QED) is 0.647. The van der Waals surface area contributed by atoms with Crippen LogP contribution in [0.15, 0.2) is 12.1 Å². The summed E-state index contributed by atoms with van der Waals surface area (Å²) < 4.78 is 0. The summed E-state index contributed by atoms with van der Waals surface area (Å²) in [5.74, 6) is 0.735. The molecular formula is C14H21N3O2S. The first-order valence-corrected chi connectivity index (χ1v) is 8.22. The Balaban J connectivity index is 1.59. The summed E-state index contributed by atoms with van der Waals surface area (Å²) in [7, 11) is 0. The standard InChI is InChI=1S/C14H21N3O2S/c18-17(19)14-6-5-13(20-14)10-16(12-3-4-12)9-11-2-1-7-15-8-11/h5-6,11-12,15H,1-4,7-10H2. The molecular weight excluding hydrogens is 274 g/mol. The number of nitro groups is 1. The van der Waals surface area contributed by atoms with Gasteiger partial charge in [0.15, 0.2) is 0 Å². The number of nitrogens with one attached hydrogen (secondary N) is 1. The van der Waals surface area contributed by atoms with Crippen molar-refractivity contribution in [2.45, 2.75) is 38.3 Å². The molecule has 110 valence electrons. The number of thiophene rings is 1. The van der Waals surface area contributed by atoms with Crippen LogP contribution >= 0.6 is 11.3 Å². The van der Waals surface area contributed by atoms with Gasteiger partial charge in [-0.2, -0.15) is 0 Å². The fraction of sp³-hybridized carbons (Fsp3) is 0.714. The SMILES string of the molecule is O=[N+]([O-])c1ccc(CN(CC2CCCNC2)C2CC2)s1. The average Bonchev–Trinajstić information content (AvgIpc) is 3.19. The molecule has 2 heterocycles. The van der Waals surface area contributed by atoms with Crippen LogP contribution in [0.25, 0.3) is 0 Å². The number of hydrogen-bond acceptors (Lipinski definition) is 5. The molecule has 1 aliphatic heterocycles. The number of hydrogen-bond donors (Lipinski definition) is 1. The minimum Gasteiger partial charge on any atom is -0.316 e. The largest absolute Gasteiger partial charge is 0.324 e. The number of rotatable bonds is 6. The van der Waals surface area contributed by atoms with Crippen LogP contribution in [0.5, 0.6) is 0 Å². The fourth-order valence-electron chi connectivity index (χ4n) is 2.94. The van der Waals surface area contributed by atoms with Gasteiger partial charge in [0.25, 0.3) is 0 Å². The van der Waals surface area contributed by atoms with Crippen molar-refractivity contribution in [3.63, 3.8) is 0 Å². The smallest absolute Gasteiger partial charge is 0.316 e. The molecule has 0 aromatic carbocycles. The fourth-order valence-corrected chi connectivity index (χ4v) is 3.79. The van der Waals surface area contributed by atoms with E-state index in [0.29, 0.717) is 6.04 Å². The highest BCUT2D eigenvalue weighted by atomic mass is 32.1. The molecule has 1 saturated heterocycles. The summed E-state index contributed by atoms with van der Waals surface area (Å²) in [4.78, 5) is 14.1. The van der Waals surface area contributed by atoms with Gasteiger partial charge in [0.05, 0.1) is 4.92 Å². The zero-order chi connectivity index (χ0) is 13.9. The van der Waals surface area contributed by atoms with Crippen molar-refractivity contribution >= 4 is 16.3 Å². The highest BCUT2D eigenvalue weighted by Crippen LogP contribution is 2.32. The van der Waals surface area contributed by atoms with Gasteiger partial charge < -0.3 is 5.32 Å². The first-order valence-electron chi connectivity index (χ1n) is 7.40. The lowest BCUT2D eigenvalue weighted by Crippen LogP contribution is -2.38. The van der Waals surface area contributed by atoms with Crippen molar-refractivity contribution in [2.24, 2.45) is 5.92 Å². The second-order valence-electron chi connectivity index (χ2n) is 5.87. The molecule has 1 unspecified atom stereocenters. The molecule has 1 aromatic rings. The van der Waals surface area contributed by atoms with Gasteiger partial charge in [-0.05, 0) is 50.8 Å². The maximum absolute atomic E-state index is 10.8. The second-order valence-corrected chi connectivity index (χ2v) is 7.02. The monoisotopic (exact) mass is 295 g/mol. The van der Waals surface area contributed by atoms with E-state index in [1.807, 2.05) is 6.07 Å². The third kappa shape index (κ3) is 3.56. The predicted octanol–water partition coefficient (Wildman–Crippen LogP) is 2.62. The first kappa shape index (κ1) is 14.0. The van der Waals surface area contributed by atoms with E-state index in [-0.39, 0.29) is 9.92 Å². The topological polar surface area (TPSA) is 58.4 Å². The molecule has 6 heteroatoms. The van der Waals surface area contributed by atoms with Crippen molar-refractivity contribution in [1.82, 2.24) is 10.2 Å². The lowest BCUT2D eigenvalue weighted by Gasteiger charge is -2.29. The van der Waals surface area contributed by atoms with Gasteiger partial charge in [0.1, 0.15) is 0 Å². The molecule has 1 aromatic heterocycles. The van der Waals surface area contributed by atoms with Crippen molar-refractivity contribution < 1.29 is 4.92 Å². The minimum atomic E-state index is -0.291. The van der Waals surface area contributed by atoms with Crippen molar-refractivity contribution in [2.75, 3.05) is 19.6 Å². The molecule has 0 bridgehead atoms. The Labute approximate surface area is 123 Å². The van der Waals surface area contributed by atoms with Crippen LogP contribution in [0.2, 0.25) is 0 Å². The van der Waals surface area contributed by atoms with E-state index in [1.54, 1.807) is 6.07 Å². The van der Waals surface area contributed by atoms with Gasteiger partial charge in [-0.1, -0.05) is 11.3 Å². The van der Waals surface area contributed by atoms with Crippen LogP contribution < -0.4 is 5.32 Å². The summed E-state index contributed by atoms with van der Waals surface area (Å²) in [6.45, 7) is 4.27. The molecule has 1 saturated carbocycles. The Morgan fingerprint density at radius 1 is 1.40 bits per heavy atom. The predicted molar refractivity (Wildman–Crippen MR) is 80.0 cm³/mol. The van der Waals surface area contributed by atoms with Gasteiger partial charge in [-0.15, -0.1) is 0 Å². The summed E-state index contributed by atoms with van der Waals surface area (Å²) >= 11 is 1.32. The molecule has 0 amide bonds. The summed E-state index contributed by atoms with van der Waals surface area (Å²) in [5, 5.41) is 14.5. The molecule has 2 fully saturated rings. The second kappa shape index (κ2) is 6.20. The third-order valence-electron chi connectivity index (χ3n) is 4.14. The maximum Gasteiger partial charge on any atom is 0.324 e. The Kier molecular flexibility index (Phi) is 4.33. The lowest BCUT2D eigenvalue weighted by molar-refractivity contribution is -0.380. The van der Waals surface area contributed by atoms with Crippen LogP contribution in [0.3, 0.4) is 0 Å². The number of piperidine rings is 1. The molecule has 1 aliphatic carbocycles.